The van der Waals surface area contributed by atoms with E-state index < -0.39 is 5.25 Å². The minimum absolute atomic E-state index is 0.197. The molecular formula is C23H21ClN4O3S. The Bertz CT molecular complexity index is 1230. The molecule has 1 unspecified atom stereocenters. The lowest BCUT2D eigenvalue weighted by molar-refractivity contribution is -0.115. The Labute approximate surface area is 194 Å². The first-order valence-electron chi connectivity index (χ1n) is 9.84. The van der Waals surface area contributed by atoms with E-state index in [-0.39, 0.29) is 5.91 Å². The van der Waals surface area contributed by atoms with Crippen LogP contribution in [0.3, 0.4) is 0 Å². The monoisotopic (exact) mass is 468 g/mol. The number of halogens is 1. The van der Waals surface area contributed by atoms with Crippen LogP contribution >= 0.6 is 23.4 Å². The van der Waals surface area contributed by atoms with Gasteiger partial charge in [0.2, 0.25) is 11.7 Å². The average molecular weight is 469 g/mol. The molecule has 0 bridgehead atoms. The van der Waals surface area contributed by atoms with Crippen molar-refractivity contribution in [1.82, 2.24) is 14.8 Å². The molecule has 2 heterocycles. The number of methoxy groups -OCH3 is 1. The van der Waals surface area contributed by atoms with E-state index in [1.807, 2.05) is 54.8 Å². The number of carbonyl (C=O) groups is 1. The molecule has 0 aliphatic heterocycles. The molecule has 32 heavy (non-hydrogen) atoms. The summed E-state index contributed by atoms with van der Waals surface area (Å²) in [6.07, 6.45) is 1.59. The molecule has 0 saturated carbocycles. The van der Waals surface area contributed by atoms with Gasteiger partial charge in [-0.25, -0.2) is 0 Å². The number of thioether (sulfide) groups is 1. The minimum atomic E-state index is -0.466. The topological polar surface area (TPSA) is 82.2 Å². The Morgan fingerprint density at radius 2 is 1.97 bits per heavy atom. The zero-order valence-electron chi connectivity index (χ0n) is 17.7. The van der Waals surface area contributed by atoms with E-state index in [2.05, 4.69) is 15.5 Å². The van der Waals surface area contributed by atoms with Gasteiger partial charge in [0.1, 0.15) is 5.75 Å². The van der Waals surface area contributed by atoms with Gasteiger partial charge in [-0.1, -0.05) is 41.6 Å². The molecule has 7 nitrogen and oxygen atoms in total. The molecule has 1 amide bonds. The highest BCUT2D eigenvalue weighted by molar-refractivity contribution is 8.00. The number of hydrogen-bond acceptors (Lipinski definition) is 6. The zero-order chi connectivity index (χ0) is 22.7. The van der Waals surface area contributed by atoms with Crippen molar-refractivity contribution < 1.29 is 13.9 Å². The van der Waals surface area contributed by atoms with E-state index in [0.29, 0.717) is 33.2 Å². The molecule has 0 radical (unpaired) electrons. The van der Waals surface area contributed by atoms with Gasteiger partial charge in [-0.3, -0.25) is 9.36 Å². The first-order chi connectivity index (χ1) is 15.5. The van der Waals surface area contributed by atoms with Crippen molar-refractivity contribution in [2.75, 3.05) is 12.4 Å². The fourth-order valence-corrected chi connectivity index (χ4v) is 4.12. The number of amides is 1. The van der Waals surface area contributed by atoms with Crippen molar-refractivity contribution in [3.8, 4) is 23.0 Å². The molecule has 164 valence electrons. The van der Waals surface area contributed by atoms with Crippen molar-refractivity contribution in [2.45, 2.75) is 24.3 Å². The van der Waals surface area contributed by atoms with E-state index in [0.717, 1.165) is 11.3 Å². The number of hydrogen-bond donors (Lipinski definition) is 1. The van der Waals surface area contributed by atoms with E-state index in [4.69, 9.17) is 20.8 Å². The standard InChI is InChI=1S/C23H21ClN4O3S/c1-14-12-18(20(30-3)13-17(14)24)25-22(29)15(2)32-23-27-26-21(19-10-7-11-31-19)28(23)16-8-5-4-6-9-16/h4-13,15H,1-3H3,(H,25,29). The smallest absolute Gasteiger partial charge is 0.237 e. The Hall–Kier alpha value is -3.23. The summed E-state index contributed by atoms with van der Waals surface area (Å²) in [6.45, 7) is 3.68. The number of nitrogens with one attached hydrogen (secondary N) is 1. The number of rotatable bonds is 7. The first-order valence-corrected chi connectivity index (χ1v) is 11.1. The van der Waals surface area contributed by atoms with E-state index >= 15 is 0 Å². The van der Waals surface area contributed by atoms with Crippen LogP contribution in [0, 0.1) is 6.92 Å². The molecule has 4 rings (SSSR count). The number of aromatic nitrogens is 3. The number of aryl methyl sites for hydroxylation is 1. The summed E-state index contributed by atoms with van der Waals surface area (Å²) >= 11 is 7.47. The van der Waals surface area contributed by atoms with Crippen LogP contribution in [0.4, 0.5) is 5.69 Å². The summed E-state index contributed by atoms with van der Waals surface area (Å²) < 4.78 is 12.8. The number of anilines is 1. The third-order valence-electron chi connectivity index (χ3n) is 4.78. The number of benzene rings is 2. The fraction of sp³-hybridized carbons (Fsp3) is 0.174. The molecule has 9 heteroatoms. The number of nitrogens with zero attached hydrogens (tertiary/aromatic N) is 3. The largest absolute Gasteiger partial charge is 0.495 e. The van der Waals surface area contributed by atoms with Crippen molar-refractivity contribution in [3.05, 3.63) is 71.4 Å². The number of ether oxygens (including phenoxy) is 1. The van der Waals surface area contributed by atoms with Gasteiger partial charge in [0.25, 0.3) is 0 Å². The minimum Gasteiger partial charge on any atom is -0.495 e. The maximum absolute atomic E-state index is 13.0. The van der Waals surface area contributed by atoms with Gasteiger partial charge in [-0.15, -0.1) is 10.2 Å². The van der Waals surface area contributed by atoms with Crippen LogP contribution < -0.4 is 10.1 Å². The van der Waals surface area contributed by atoms with Crippen molar-refractivity contribution in [1.29, 1.82) is 0 Å². The highest BCUT2D eigenvalue weighted by Gasteiger charge is 2.23. The Morgan fingerprint density at radius 1 is 1.19 bits per heavy atom. The summed E-state index contributed by atoms with van der Waals surface area (Å²) in [5.41, 5.74) is 2.27. The summed E-state index contributed by atoms with van der Waals surface area (Å²) in [5.74, 6) is 1.45. The van der Waals surface area contributed by atoms with Crippen LogP contribution in [-0.4, -0.2) is 33.0 Å². The maximum atomic E-state index is 13.0. The average Bonchev–Trinajstić information content (AvgIpc) is 3.46. The number of furan rings is 1. The molecule has 0 saturated heterocycles. The molecule has 0 aliphatic carbocycles. The lowest BCUT2D eigenvalue weighted by Crippen LogP contribution is -2.23. The lowest BCUT2D eigenvalue weighted by Gasteiger charge is -2.16. The van der Waals surface area contributed by atoms with Crippen molar-refractivity contribution in [2.24, 2.45) is 0 Å². The summed E-state index contributed by atoms with van der Waals surface area (Å²) in [4.78, 5) is 13.0. The molecule has 1 atom stereocenters. The highest BCUT2D eigenvalue weighted by atomic mass is 35.5. The van der Waals surface area contributed by atoms with Crippen molar-refractivity contribution in [3.63, 3.8) is 0 Å². The van der Waals surface area contributed by atoms with Crippen LogP contribution in [0.1, 0.15) is 12.5 Å². The predicted molar refractivity (Wildman–Crippen MR) is 126 cm³/mol. The molecule has 0 spiro atoms. The normalized spacial score (nSPS) is 11.9. The van der Waals surface area contributed by atoms with Gasteiger partial charge >= 0.3 is 0 Å². The molecule has 2 aromatic carbocycles. The Kier molecular flexibility index (Phi) is 6.53. The summed E-state index contributed by atoms with van der Waals surface area (Å²) in [6, 6.07) is 16.8. The van der Waals surface area contributed by atoms with Crippen LogP contribution in [0.25, 0.3) is 17.3 Å². The summed E-state index contributed by atoms with van der Waals surface area (Å²) in [5, 5.41) is 12.2. The van der Waals surface area contributed by atoms with Crippen LogP contribution in [-0.2, 0) is 4.79 Å². The number of para-hydroxylation sites is 1. The van der Waals surface area contributed by atoms with Gasteiger partial charge in [0.05, 0.1) is 24.3 Å². The van der Waals surface area contributed by atoms with Gasteiger partial charge in [-0.05, 0) is 49.7 Å². The second-order valence-electron chi connectivity index (χ2n) is 7.01. The third kappa shape index (κ3) is 4.51. The molecule has 4 aromatic rings. The Morgan fingerprint density at radius 3 is 2.66 bits per heavy atom. The second-order valence-corrected chi connectivity index (χ2v) is 8.72. The van der Waals surface area contributed by atoms with Gasteiger partial charge in [0, 0.05) is 16.8 Å². The molecular weight excluding hydrogens is 448 g/mol. The molecule has 0 aliphatic rings. The molecule has 0 fully saturated rings. The van der Waals surface area contributed by atoms with Gasteiger partial charge in [0.15, 0.2) is 10.9 Å². The van der Waals surface area contributed by atoms with Crippen molar-refractivity contribution >= 4 is 35.0 Å². The third-order valence-corrected chi connectivity index (χ3v) is 6.23. The second kappa shape index (κ2) is 9.50. The highest BCUT2D eigenvalue weighted by Crippen LogP contribution is 2.33. The van der Waals surface area contributed by atoms with Crippen LogP contribution in [0.5, 0.6) is 5.75 Å². The van der Waals surface area contributed by atoms with Gasteiger partial charge < -0.3 is 14.5 Å². The van der Waals surface area contributed by atoms with E-state index in [9.17, 15) is 4.79 Å². The van der Waals surface area contributed by atoms with Crippen LogP contribution in [0.15, 0.2) is 70.4 Å². The van der Waals surface area contributed by atoms with Gasteiger partial charge in [-0.2, -0.15) is 0 Å². The SMILES string of the molecule is COc1cc(Cl)c(C)cc1NC(=O)C(C)Sc1nnc(-c2ccco2)n1-c1ccccc1. The quantitative estimate of drug-likeness (QED) is 0.354. The lowest BCUT2D eigenvalue weighted by atomic mass is 10.2. The molecule has 2 aromatic heterocycles. The zero-order valence-corrected chi connectivity index (χ0v) is 19.3. The fourth-order valence-electron chi connectivity index (χ4n) is 3.10. The first kappa shape index (κ1) is 22.0. The Balaban J connectivity index is 1.61. The summed E-state index contributed by atoms with van der Waals surface area (Å²) in [7, 11) is 1.54. The number of carbonyl (C=O) groups excluding carboxylic acids is 1. The van der Waals surface area contributed by atoms with Crippen LogP contribution in [0.2, 0.25) is 5.02 Å². The maximum Gasteiger partial charge on any atom is 0.237 e. The van der Waals surface area contributed by atoms with E-state index in [1.165, 1.54) is 18.9 Å². The van der Waals surface area contributed by atoms with E-state index in [1.54, 1.807) is 24.5 Å². The molecule has 1 N–H and O–H groups in total. The predicted octanol–water partition coefficient (Wildman–Crippen LogP) is 5.62.